The van der Waals surface area contributed by atoms with E-state index in [2.05, 4.69) is 11.6 Å². The van der Waals surface area contributed by atoms with Crippen LogP contribution in [-0.4, -0.2) is 26.5 Å². The number of benzene rings is 3. The maximum absolute atomic E-state index is 13.0. The summed E-state index contributed by atoms with van der Waals surface area (Å²) in [5.41, 5.74) is 2.84. The van der Waals surface area contributed by atoms with Crippen LogP contribution in [0.15, 0.2) is 71.6 Å². The third-order valence-corrected chi connectivity index (χ3v) is 6.84. The Morgan fingerprint density at radius 3 is 2.00 bits per heavy atom. The minimum Gasteiger partial charge on any atom is -0.289 e. The maximum atomic E-state index is 13.0. The molecule has 0 saturated heterocycles. The molecule has 0 bridgehead atoms. The molecule has 1 N–H and O–H groups in total. The fraction of sp³-hybridized carbons (Fsp3) is 0.167. The van der Waals surface area contributed by atoms with Crippen LogP contribution >= 0.6 is 0 Å². The smallest absolute Gasteiger partial charge is 0.241 e. The first kappa shape index (κ1) is 20.2. The lowest BCUT2D eigenvalue weighted by atomic mass is 9.84. The Kier molecular flexibility index (Phi) is 5.37. The first-order chi connectivity index (χ1) is 14.4. The Bertz CT molecular complexity index is 1240. The fourth-order valence-electron chi connectivity index (χ4n) is 3.69. The maximum Gasteiger partial charge on any atom is 0.241 e. The lowest BCUT2D eigenvalue weighted by Crippen LogP contribution is -2.30. The van der Waals surface area contributed by atoms with E-state index >= 15 is 0 Å². The van der Waals surface area contributed by atoms with Crippen molar-refractivity contribution in [2.24, 2.45) is 0 Å². The van der Waals surface area contributed by atoms with Crippen LogP contribution in [-0.2, 0) is 22.9 Å². The van der Waals surface area contributed by atoms with Gasteiger partial charge in [-0.05, 0) is 30.0 Å². The normalized spacial score (nSPS) is 13.1. The van der Waals surface area contributed by atoms with Crippen LogP contribution in [0.5, 0.6) is 0 Å². The molecule has 0 radical (unpaired) electrons. The number of fused-ring (bicyclic) bond motifs is 2. The van der Waals surface area contributed by atoms with Gasteiger partial charge < -0.3 is 0 Å². The molecule has 4 rings (SSSR count). The first-order valence-electron chi connectivity index (χ1n) is 9.81. The highest BCUT2D eigenvalue weighted by Crippen LogP contribution is 2.31. The van der Waals surface area contributed by atoms with Crippen molar-refractivity contribution in [3.63, 3.8) is 0 Å². The second-order valence-electron chi connectivity index (χ2n) is 7.20. The molecular weight excluding hydrogens is 398 g/mol. The summed E-state index contributed by atoms with van der Waals surface area (Å²) in [5.74, 6) is -0.787. The Morgan fingerprint density at radius 1 is 0.733 bits per heavy atom. The van der Waals surface area contributed by atoms with Crippen LogP contribution in [0.1, 0.15) is 49.9 Å². The van der Waals surface area contributed by atoms with Gasteiger partial charge in [0, 0.05) is 23.2 Å². The molecule has 0 fully saturated rings. The molecule has 30 heavy (non-hydrogen) atoms. The van der Waals surface area contributed by atoms with Gasteiger partial charge in [0.2, 0.25) is 10.0 Å². The largest absolute Gasteiger partial charge is 0.289 e. The number of carbonyl (C=O) groups is 2. The van der Waals surface area contributed by atoms with Crippen molar-refractivity contribution in [3.05, 3.63) is 100 Å². The molecule has 0 amide bonds. The lowest BCUT2D eigenvalue weighted by Gasteiger charge is -2.20. The van der Waals surface area contributed by atoms with Crippen LogP contribution < -0.4 is 4.72 Å². The van der Waals surface area contributed by atoms with Gasteiger partial charge in [-0.25, -0.2) is 13.1 Å². The first-order valence-corrected chi connectivity index (χ1v) is 11.3. The molecule has 0 heterocycles. The van der Waals surface area contributed by atoms with Crippen LogP contribution in [0.3, 0.4) is 0 Å². The van der Waals surface area contributed by atoms with Gasteiger partial charge in [0.05, 0.1) is 10.5 Å². The van der Waals surface area contributed by atoms with Crippen molar-refractivity contribution in [2.45, 2.75) is 24.7 Å². The van der Waals surface area contributed by atoms with Gasteiger partial charge in [-0.1, -0.05) is 67.6 Å². The predicted molar refractivity (Wildman–Crippen MR) is 114 cm³/mol. The topological polar surface area (TPSA) is 80.3 Å². The van der Waals surface area contributed by atoms with Gasteiger partial charge in [0.1, 0.15) is 0 Å². The number of rotatable bonds is 6. The Labute approximate surface area is 175 Å². The third-order valence-electron chi connectivity index (χ3n) is 5.34. The number of ketones is 2. The minimum atomic E-state index is -3.97. The van der Waals surface area contributed by atoms with E-state index < -0.39 is 15.8 Å². The zero-order chi connectivity index (χ0) is 21.3. The number of hydrogen-bond acceptors (Lipinski definition) is 4. The van der Waals surface area contributed by atoms with E-state index in [0.29, 0.717) is 12.0 Å². The predicted octanol–water partition coefficient (Wildman–Crippen LogP) is 3.55. The van der Waals surface area contributed by atoms with E-state index in [1.807, 2.05) is 24.3 Å². The molecule has 3 aromatic carbocycles. The molecule has 0 aliphatic heterocycles. The van der Waals surface area contributed by atoms with Crippen molar-refractivity contribution >= 4 is 21.6 Å². The molecule has 1 aliphatic carbocycles. The van der Waals surface area contributed by atoms with Crippen molar-refractivity contribution in [1.29, 1.82) is 0 Å². The molecule has 6 heteroatoms. The SMILES string of the molecule is CCc1ccc(CCNS(=O)(=O)c2cccc3c2C(=O)c2ccccc2C3=O)cc1. The Hall–Kier alpha value is -3.09. The molecule has 0 spiro atoms. The number of aryl methyl sites for hydroxylation is 1. The van der Waals surface area contributed by atoms with Crippen LogP contribution in [0.4, 0.5) is 0 Å². The summed E-state index contributed by atoms with van der Waals surface area (Å²) < 4.78 is 28.5. The average molecular weight is 420 g/mol. The monoisotopic (exact) mass is 419 g/mol. The Balaban J connectivity index is 1.61. The van der Waals surface area contributed by atoms with Gasteiger partial charge in [-0.15, -0.1) is 0 Å². The number of sulfonamides is 1. The summed E-state index contributed by atoms with van der Waals surface area (Å²) >= 11 is 0. The molecule has 152 valence electrons. The molecule has 0 saturated carbocycles. The van der Waals surface area contributed by atoms with Crippen molar-refractivity contribution in [2.75, 3.05) is 6.54 Å². The van der Waals surface area contributed by atoms with Crippen LogP contribution in [0.25, 0.3) is 0 Å². The summed E-state index contributed by atoms with van der Waals surface area (Å²) in [4.78, 5) is 25.7. The van der Waals surface area contributed by atoms with E-state index in [-0.39, 0.29) is 33.9 Å². The second kappa shape index (κ2) is 7.97. The highest BCUT2D eigenvalue weighted by Gasteiger charge is 2.34. The van der Waals surface area contributed by atoms with Crippen molar-refractivity contribution in [3.8, 4) is 0 Å². The summed E-state index contributed by atoms with van der Waals surface area (Å²) in [5, 5.41) is 0. The molecule has 0 unspecified atom stereocenters. The van der Waals surface area contributed by atoms with E-state index in [1.54, 1.807) is 24.3 Å². The number of nitrogens with one attached hydrogen (secondary N) is 1. The van der Waals surface area contributed by atoms with E-state index in [9.17, 15) is 18.0 Å². The molecule has 1 aliphatic rings. The molecule has 5 nitrogen and oxygen atoms in total. The van der Waals surface area contributed by atoms with E-state index in [4.69, 9.17) is 0 Å². The zero-order valence-electron chi connectivity index (χ0n) is 16.5. The van der Waals surface area contributed by atoms with E-state index in [1.165, 1.54) is 23.8 Å². The summed E-state index contributed by atoms with van der Waals surface area (Å²) in [7, 11) is -3.97. The molecule has 0 atom stereocenters. The van der Waals surface area contributed by atoms with Crippen molar-refractivity contribution in [1.82, 2.24) is 4.72 Å². The highest BCUT2D eigenvalue weighted by atomic mass is 32.2. The minimum absolute atomic E-state index is 0.0546. The zero-order valence-corrected chi connectivity index (χ0v) is 17.3. The molecule has 3 aromatic rings. The number of carbonyl (C=O) groups excluding carboxylic acids is 2. The number of hydrogen-bond donors (Lipinski definition) is 1. The van der Waals surface area contributed by atoms with Crippen LogP contribution in [0, 0.1) is 0 Å². The Morgan fingerprint density at radius 2 is 1.33 bits per heavy atom. The quantitative estimate of drug-likeness (QED) is 0.518. The third kappa shape index (κ3) is 3.60. The van der Waals surface area contributed by atoms with Gasteiger partial charge >= 0.3 is 0 Å². The summed E-state index contributed by atoms with van der Waals surface area (Å²) in [6, 6.07) is 18.9. The summed E-state index contributed by atoms with van der Waals surface area (Å²) in [6.45, 7) is 2.27. The summed E-state index contributed by atoms with van der Waals surface area (Å²) in [6.07, 6.45) is 1.47. The van der Waals surface area contributed by atoms with E-state index in [0.717, 1.165) is 12.0 Å². The van der Waals surface area contributed by atoms with Gasteiger partial charge in [0.15, 0.2) is 11.6 Å². The van der Waals surface area contributed by atoms with Gasteiger partial charge in [-0.2, -0.15) is 0 Å². The fourth-order valence-corrected chi connectivity index (χ4v) is 4.94. The molecule has 0 aromatic heterocycles. The lowest BCUT2D eigenvalue weighted by molar-refractivity contribution is 0.0976. The highest BCUT2D eigenvalue weighted by molar-refractivity contribution is 7.89. The van der Waals surface area contributed by atoms with Crippen LogP contribution in [0.2, 0.25) is 0 Å². The van der Waals surface area contributed by atoms with Crippen molar-refractivity contribution < 1.29 is 18.0 Å². The standard InChI is InChI=1S/C24H21NO4S/c1-2-16-10-12-17(13-11-16)14-15-25-30(28,29)21-9-5-8-20-22(21)24(27)19-7-4-3-6-18(19)23(20)26/h3-13,25H,2,14-15H2,1H3. The molecular formula is C24H21NO4S. The van der Waals surface area contributed by atoms with Gasteiger partial charge in [0.25, 0.3) is 0 Å². The van der Waals surface area contributed by atoms with Gasteiger partial charge in [-0.3, -0.25) is 9.59 Å². The second-order valence-corrected chi connectivity index (χ2v) is 8.94. The average Bonchev–Trinajstić information content (AvgIpc) is 2.77.